The first-order valence-corrected chi connectivity index (χ1v) is 7.10. The highest BCUT2D eigenvalue weighted by Gasteiger charge is 2.28. The van der Waals surface area contributed by atoms with E-state index < -0.39 is 6.10 Å². The van der Waals surface area contributed by atoms with Gasteiger partial charge >= 0.3 is 0 Å². The Morgan fingerprint density at radius 2 is 2.15 bits per heavy atom. The van der Waals surface area contributed by atoms with Gasteiger partial charge in [-0.3, -0.25) is 4.90 Å². The molecular formula is C14H21N5O. The molecule has 0 radical (unpaired) electrons. The van der Waals surface area contributed by atoms with Crippen LogP contribution in [0.2, 0.25) is 0 Å². The van der Waals surface area contributed by atoms with Crippen LogP contribution in [-0.4, -0.2) is 42.6 Å². The molecule has 0 spiro atoms. The largest absolute Gasteiger partial charge is 0.385 e. The molecule has 20 heavy (non-hydrogen) atoms. The Kier molecular flexibility index (Phi) is 3.84. The number of hydrogen-bond acceptors (Lipinski definition) is 4. The zero-order valence-electron chi connectivity index (χ0n) is 11.7. The fraction of sp³-hybridized carbons (Fsp3) is 0.571. The van der Waals surface area contributed by atoms with E-state index in [4.69, 9.17) is 0 Å². The number of imidazole rings is 2. The minimum Gasteiger partial charge on any atom is -0.385 e. The lowest BCUT2D eigenvalue weighted by Gasteiger charge is -2.33. The zero-order chi connectivity index (χ0) is 13.9. The lowest BCUT2D eigenvalue weighted by atomic mass is 9.90. The van der Waals surface area contributed by atoms with Crippen molar-refractivity contribution in [2.75, 3.05) is 13.1 Å². The normalized spacial score (nSPS) is 19.3. The van der Waals surface area contributed by atoms with Crippen molar-refractivity contribution >= 4 is 0 Å². The summed E-state index contributed by atoms with van der Waals surface area (Å²) in [5.74, 6) is 2.08. The Morgan fingerprint density at radius 3 is 2.75 bits per heavy atom. The van der Waals surface area contributed by atoms with Gasteiger partial charge in [-0.1, -0.05) is 0 Å². The Hall–Kier alpha value is -1.66. The monoisotopic (exact) mass is 275 g/mol. The molecule has 3 heterocycles. The van der Waals surface area contributed by atoms with Gasteiger partial charge in [0.15, 0.2) is 0 Å². The fourth-order valence-electron chi connectivity index (χ4n) is 2.90. The fourth-order valence-corrected chi connectivity index (χ4v) is 2.90. The summed E-state index contributed by atoms with van der Waals surface area (Å²) in [6, 6.07) is 0. The summed E-state index contributed by atoms with van der Waals surface area (Å²) in [5, 5.41) is 10.4. The number of hydrogen-bond donors (Lipinski definition) is 2. The third kappa shape index (κ3) is 2.76. The number of rotatable bonds is 4. The quantitative estimate of drug-likeness (QED) is 0.876. The smallest absolute Gasteiger partial charge is 0.137 e. The number of aromatic nitrogens is 4. The van der Waals surface area contributed by atoms with Crippen LogP contribution >= 0.6 is 0 Å². The molecule has 0 bridgehead atoms. The van der Waals surface area contributed by atoms with Gasteiger partial charge in [0.05, 0.1) is 6.54 Å². The van der Waals surface area contributed by atoms with Crippen molar-refractivity contribution in [3.8, 4) is 0 Å². The van der Waals surface area contributed by atoms with E-state index >= 15 is 0 Å². The van der Waals surface area contributed by atoms with Crippen LogP contribution in [-0.2, 0) is 13.6 Å². The van der Waals surface area contributed by atoms with Crippen LogP contribution in [0, 0.1) is 5.92 Å². The van der Waals surface area contributed by atoms with E-state index in [0.29, 0.717) is 5.92 Å². The molecule has 1 fully saturated rings. The standard InChI is InChI=1S/C14H21N5O/c1-18-9-6-17-14(18)13(20)11-2-7-19(8-3-11)10-12-15-4-5-16-12/h4-6,9,11,13,20H,2-3,7-8,10H2,1H3,(H,15,16). The highest BCUT2D eigenvalue weighted by Crippen LogP contribution is 2.29. The summed E-state index contributed by atoms with van der Waals surface area (Å²) < 4.78 is 1.90. The number of aromatic amines is 1. The number of likely N-dealkylation sites (tertiary alicyclic amines) is 1. The molecule has 1 aliphatic heterocycles. The van der Waals surface area contributed by atoms with Crippen LogP contribution < -0.4 is 0 Å². The zero-order valence-corrected chi connectivity index (χ0v) is 11.7. The Bertz CT molecular complexity index is 528. The molecule has 3 rings (SSSR count). The molecule has 1 atom stereocenters. The predicted octanol–water partition coefficient (Wildman–Crippen LogP) is 1.09. The topological polar surface area (TPSA) is 70.0 Å². The van der Waals surface area contributed by atoms with E-state index in [2.05, 4.69) is 19.9 Å². The lowest BCUT2D eigenvalue weighted by Crippen LogP contribution is -2.35. The highest BCUT2D eigenvalue weighted by molar-refractivity contribution is 4.99. The van der Waals surface area contributed by atoms with E-state index in [9.17, 15) is 5.11 Å². The molecule has 2 aromatic heterocycles. The van der Waals surface area contributed by atoms with Gasteiger partial charge in [0, 0.05) is 31.8 Å². The SMILES string of the molecule is Cn1ccnc1C(O)C1CCN(Cc2ncc[nH]2)CC1. The number of aliphatic hydroxyl groups excluding tert-OH is 1. The van der Waals surface area contributed by atoms with Gasteiger partial charge in [-0.25, -0.2) is 9.97 Å². The Labute approximate surface area is 118 Å². The van der Waals surface area contributed by atoms with Crippen molar-refractivity contribution in [1.82, 2.24) is 24.4 Å². The van der Waals surface area contributed by atoms with Crippen molar-refractivity contribution in [1.29, 1.82) is 0 Å². The second-order valence-corrected chi connectivity index (χ2v) is 5.49. The molecule has 0 aliphatic carbocycles. The molecule has 1 unspecified atom stereocenters. The average molecular weight is 275 g/mol. The molecule has 1 saturated heterocycles. The molecular weight excluding hydrogens is 254 g/mol. The van der Waals surface area contributed by atoms with Gasteiger partial charge < -0.3 is 14.7 Å². The first kappa shape index (κ1) is 13.3. The summed E-state index contributed by atoms with van der Waals surface area (Å²) >= 11 is 0. The number of aryl methyl sites for hydroxylation is 1. The number of nitrogens with one attached hydrogen (secondary N) is 1. The number of aliphatic hydroxyl groups is 1. The molecule has 108 valence electrons. The van der Waals surface area contributed by atoms with Gasteiger partial charge in [-0.05, 0) is 31.8 Å². The molecule has 6 heteroatoms. The van der Waals surface area contributed by atoms with Crippen molar-refractivity contribution in [2.45, 2.75) is 25.5 Å². The maximum absolute atomic E-state index is 10.4. The summed E-state index contributed by atoms with van der Waals surface area (Å²) in [5.41, 5.74) is 0. The average Bonchev–Trinajstić information content (AvgIpc) is 3.10. The van der Waals surface area contributed by atoms with Gasteiger partial charge in [-0.2, -0.15) is 0 Å². The van der Waals surface area contributed by atoms with Crippen molar-refractivity contribution < 1.29 is 5.11 Å². The summed E-state index contributed by atoms with van der Waals surface area (Å²) in [4.78, 5) is 14.0. The first-order chi connectivity index (χ1) is 9.74. The van der Waals surface area contributed by atoms with E-state index in [0.717, 1.165) is 44.1 Å². The van der Waals surface area contributed by atoms with Gasteiger partial charge in [0.1, 0.15) is 17.8 Å². The first-order valence-electron chi connectivity index (χ1n) is 7.10. The minimum absolute atomic E-state index is 0.295. The minimum atomic E-state index is -0.458. The lowest BCUT2D eigenvalue weighted by molar-refractivity contribution is 0.0486. The number of piperidine rings is 1. The predicted molar refractivity (Wildman–Crippen MR) is 74.8 cm³/mol. The highest BCUT2D eigenvalue weighted by atomic mass is 16.3. The van der Waals surface area contributed by atoms with Crippen LogP contribution in [0.15, 0.2) is 24.8 Å². The number of nitrogens with zero attached hydrogens (tertiary/aromatic N) is 4. The molecule has 0 aromatic carbocycles. The third-order valence-corrected chi connectivity index (χ3v) is 4.13. The maximum atomic E-state index is 10.4. The number of H-pyrrole nitrogens is 1. The molecule has 0 saturated carbocycles. The van der Waals surface area contributed by atoms with Crippen LogP contribution in [0.25, 0.3) is 0 Å². The molecule has 0 amide bonds. The Morgan fingerprint density at radius 1 is 1.35 bits per heavy atom. The Balaban J connectivity index is 1.54. The van der Waals surface area contributed by atoms with Gasteiger partial charge in [0.2, 0.25) is 0 Å². The molecule has 6 nitrogen and oxygen atoms in total. The van der Waals surface area contributed by atoms with Gasteiger partial charge in [0.25, 0.3) is 0 Å². The van der Waals surface area contributed by atoms with Crippen LogP contribution in [0.1, 0.15) is 30.6 Å². The second-order valence-electron chi connectivity index (χ2n) is 5.49. The summed E-state index contributed by atoms with van der Waals surface area (Å²) in [6.45, 7) is 2.85. The van der Waals surface area contributed by atoms with Crippen LogP contribution in [0.5, 0.6) is 0 Å². The molecule has 2 aromatic rings. The van der Waals surface area contributed by atoms with Gasteiger partial charge in [-0.15, -0.1) is 0 Å². The van der Waals surface area contributed by atoms with E-state index in [1.165, 1.54) is 0 Å². The second kappa shape index (κ2) is 5.76. The van der Waals surface area contributed by atoms with Crippen LogP contribution in [0.3, 0.4) is 0 Å². The summed E-state index contributed by atoms with van der Waals surface area (Å²) in [6.07, 6.45) is 8.79. The molecule has 1 aliphatic rings. The van der Waals surface area contributed by atoms with E-state index in [1.807, 2.05) is 24.0 Å². The third-order valence-electron chi connectivity index (χ3n) is 4.13. The van der Waals surface area contributed by atoms with Crippen molar-refractivity contribution in [3.05, 3.63) is 36.4 Å². The van der Waals surface area contributed by atoms with Crippen molar-refractivity contribution in [2.24, 2.45) is 13.0 Å². The van der Waals surface area contributed by atoms with E-state index in [-0.39, 0.29) is 0 Å². The van der Waals surface area contributed by atoms with Crippen LogP contribution in [0.4, 0.5) is 0 Å². The summed E-state index contributed by atoms with van der Waals surface area (Å²) in [7, 11) is 1.93. The molecule has 2 N–H and O–H groups in total. The van der Waals surface area contributed by atoms with E-state index in [1.54, 1.807) is 12.4 Å². The van der Waals surface area contributed by atoms with Crippen molar-refractivity contribution in [3.63, 3.8) is 0 Å². The maximum Gasteiger partial charge on any atom is 0.137 e.